The highest BCUT2D eigenvalue weighted by Crippen LogP contribution is 2.28. The second-order valence-corrected chi connectivity index (χ2v) is 8.03. The number of sulfonamides is 1. The van der Waals surface area contributed by atoms with Gasteiger partial charge in [-0.25, -0.2) is 13.1 Å². The minimum atomic E-state index is -3.29. The first kappa shape index (κ1) is 16.5. The highest BCUT2D eigenvalue weighted by Gasteiger charge is 2.21. The topological polar surface area (TPSA) is 72.2 Å². The molecule has 1 aliphatic carbocycles. The molecule has 0 radical (unpaired) electrons. The Hall–Kier alpha value is -0.910. The quantitative estimate of drug-likeness (QED) is 0.847. The van der Waals surface area contributed by atoms with Gasteiger partial charge in [0.05, 0.1) is 5.75 Å². The monoisotopic (exact) mass is 310 g/mol. The molecule has 1 aromatic carbocycles. The lowest BCUT2D eigenvalue weighted by Crippen LogP contribution is -2.32. The molecule has 0 spiro atoms. The van der Waals surface area contributed by atoms with Crippen LogP contribution in [-0.4, -0.2) is 15.0 Å². The molecule has 1 fully saturated rings. The molecule has 2 rings (SSSR count). The summed E-state index contributed by atoms with van der Waals surface area (Å²) in [6.07, 6.45) is 4.74. The molecule has 0 aromatic heterocycles. The zero-order valence-electron chi connectivity index (χ0n) is 12.7. The molecule has 3 N–H and O–H groups in total. The molecule has 4 nitrogen and oxygen atoms in total. The lowest BCUT2D eigenvalue weighted by molar-refractivity contribution is 0.283. The Labute approximate surface area is 128 Å². The SMILES string of the molecule is CC1CCCC(CNS(=O)(=O)Cc2ccccc2CN)C1. The fourth-order valence-corrected chi connectivity index (χ4v) is 4.43. The highest BCUT2D eigenvalue weighted by atomic mass is 32.2. The molecule has 0 amide bonds. The van der Waals surface area contributed by atoms with Gasteiger partial charge in [0.25, 0.3) is 0 Å². The zero-order chi connectivity index (χ0) is 15.3. The van der Waals surface area contributed by atoms with Crippen molar-refractivity contribution in [1.29, 1.82) is 0 Å². The van der Waals surface area contributed by atoms with E-state index < -0.39 is 10.0 Å². The summed E-state index contributed by atoms with van der Waals surface area (Å²) in [4.78, 5) is 0. The van der Waals surface area contributed by atoms with Crippen molar-refractivity contribution in [2.45, 2.75) is 44.9 Å². The Bertz CT molecular complexity index is 557. The molecule has 21 heavy (non-hydrogen) atoms. The molecular formula is C16H26N2O2S. The smallest absolute Gasteiger partial charge is 0.215 e. The first-order chi connectivity index (χ1) is 10.00. The Morgan fingerprint density at radius 2 is 1.95 bits per heavy atom. The molecule has 118 valence electrons. The molecule has 1 aliphatic rings. The van der Waals surface area contributed by atoms with E-state index in [1.165, 1.54) is 12.8 Å². The summed E-state index contributed by atoms with van der Waals surface area (Å²) >= 11 is 0. The van der Waals surface area contributed by atoms with Crippen molar-refractivity contribution >= 4 is 10.0 Å². The van der Waals surface area contributed by atoms with E-state index in [2.05, 4.69) is 11.6 Å². The predicted molar refractivity (Wildman–Crippen MR) is 86.1 cm³/mol. The maximum atomic E-state index is 12.2. The summed E-state index contributed by atoms with van der Waals surface area (Å²) in [5.41, 5.74) is 7.35. The van der Waals surface area contributed by atoms with Crippen LogP contribution < -0.4 is 10.5 Å². The molecule has 0 heterocycles. The van der Waals surface area contributed by atoms with Crippen LogP contribution in [0.25, 0.3) is 0 Å². The number of nitrogens with two attached hydrogens (primary N) is 1. The molecule has 2 unspecified atom stereocenters. The predicted octanol–water partition coefficient (Wildman–Crippen LogP) is 2.39. The number of rotatable bonds is 6. The third-order valence-electron chi connectivity index (χ3n) is 4.32. The van der Waals surface area contributed by atoms with Gasteiger partial charge in [-0.3, -0.25) is 0 Å². The van der Waals surface area contributed by atoms with Crippen LogP contribution in [0.3, 0.4) is 0 Å². The third kappa shape index (κ3) is 5.09. The summed E-state index contributed by atoms with van der Waals surface area (Å²) in [6.45, 7) is 3.18. The fourth-order valence-electron chi connectivity index (χ4n) is 3.14. The second-order valence-electron chi connectivity index (χ2n) is 6.22. The minimum Gasteiger partial charge on any atom is -0.326 e. The molecular weight excluding hydrogens is 284 g/mol. The lowest BCUT2D eigenvalue weighted by Gasteiger charge is -2.26. The number of hydrogen-bond donors (Lipinski definition) is 2. The van der Waals surface area contributed by atoms with Gasteiger partial charge in [0.15, 0.2) is 0 Å². The van der Waals surface area contributed by atoms with Gasteiger partial charge in [-0.1, -0.05) is 44.0 Å². The summed E-state index contributed by atoms with van der Waals surface area (Å²) in [5.74, 6) is 1.21. The normalized spacial score (nSPS) is 23.1. The van der Waals surface area contributed by atoms with Crippen molar-refractivity contribution in [2.24, 2.45) is 17.6 Å². The van der Waals surface area contributed by atoms with Crippen LogP contribution >= 0.6 is 0 Å². The summed E-state index contributed by atoms with van der Waals surface area (Å²) in [7, 11) is -3.29. The standard InChI is InChI=1S/C16H26N2O2S/c1-13-5-4-6-14(9-13)11-18-21(19,20)12-16-8-3-2-7-15(16)10-17/h2-3,7-8,13-14,18H,4-6,9-12,17H2,1H3. The van der Waals surface area contributed by atoms with Gasteiger partial charge >= 0.3 is 0 Å². The largest absolute Gasteiger partial charge is 0.326 e. The van der Waals surface area contributed by atoms with E-state index in [-0.39, 0.29) is 5.75 Å². The average Bonchev–Trinajstić information content (AvgIpc) is 2.46. The molecule has 1 saturated carbocycles. The van der Waals surface area contributed by atoms with Crippen LogP contribution in [0.15, 0.2) is 24.3 Å². The number of hydrogen-bond acceptors (Lipinski definition) is 3. The van der Waals surface area contributed by atoms with Gasteiger partial charge in [0, 0.05) is 13.1 Å². The summed E-state index contributed by atoms with van der Waals surface area (Å²) in [5, 5.41) is 0. The average molecular weight is 310 g/mol. The summed E-state index contributed by atoms with van der Waals surface area (Å²) in [6, 6.07) is 7.46. The van der Waals surface area contributed by atoms with E-state index in [1.54, 1.807) is 0 Å². The zero-order valence-corrected chi connectivity index (χ0v) is 13.5. The van der Waals surface area contributed by atoms with E-state index >= 15 is 0 Å². The van der Waals surface area contributed by atoms with Gasteiger partial charge in [0.1, 0.15) is 0 Å². The molecule has 0 aliphatic heterocycles. The lowest BCUT2D eigenvalue weighted by atomic mass is 9.83. The fraction of sp³-hybridized carbons (Fsp3) is 0.625. The van der Waals surface area contributed by atoms with Crippen molar-refractivity contribution in [1.82, 2.24) is 4.72 Å². The molecule has 0 bridgehead atoms. The maximum Gasteiger partial charge on any atom is 0.215 e. The van der Waals surface area contributed by atoms with Gasteiger partial charge in [0.2, 0.25) is 10.0 Å². The van der Waals surface area contributed by atoms with Crippen molar-refractivity contribution < 1.29 is 8.42 Å². The van der Waals surface area contributed by atoms with Crippen LogP contribution in [0.4, 0.5) is 0 Å². The highest BCUT2D eigenvalue weighted by molar-refractivity contribution is 7.88. The Morgan fingerprint density at radius 3 is 2.62 bits per heavy atom. The van der Waals surface area contributed by atoms with Crippen LogP contribution in [0.1, 0.15) is 43.7 Å². The Balaban J connectivity index is 1.92. The maximum absolute atomic E-state index is 12.2. The summed E-state index contributed by atoms with van der Waals surface area (Å²) < 4.78 is 27.3. The van der Waals surface area contributed by atoms with E-state index in [9.17, 15) is 8.42 Å². The number of nitrogens with one attached hydrogen (secondary N) is 1. The van der Waals surface area contributed by atoms with Gasteiger partial charge in [-0.05, 0) is 35.8 Å². The van der Waals surface area contributed by atoms with Crippen molar-refractivity contribution in [3.8, 4) is 0 Å². The van der Waals surface area contributed by atoms with Crippen LogP contribution in [0.5, 0.6) is 0 Å². The van der Waals surface area contributed by atoms with Crippen molar-refractivity contribution in [3.63, 3.8) is 0 Å². The number of benzene rings is 1. The van der Waals surface area contributed by atoms with E-state index in [0.717, 1.165) is 24.0 Å². The van der Waals surface area contributed by atoms with Crippen LogP contribution in [0, 0.1) is 11.8 Å². The van der Waals surface area contributed by atoms with Crippen LogP contribution in [-0.2, 0) is 22.3 Å². The van der Waals surface area contributed by atoms with E-state index in [1.807, 2.05) is 24.3 Å². The van der Waals surface area contributed by atoms with Crippen molar-refractivity contribution in [2.75, 3.05) is 6.54 Å². The van der Waals surface area contributed by atoms with Gasteiger partial charge in [-0.15, -0.1) is 0 Å². The van der Waals surface area contributed by atoms with Gasteiger partial charge in [-0.2, -0.15) is 0 Å². The Morgan fingerprint density at radius 1 is 1.24 bits per heavy atom. The molecule has 5 heteroatoms. The molecule has 2 atom stereocenters. The van der Waals surface area contributed by atoms with E-state index in [0.29, 0.717) is 24.9 Å². The molecule has 0 saturated heterocycles. The van der Waals surface area contributed by atoms with Crippen LogP contribution in [0.2, 0.25) is 0 Å². The Kier molecular flexibility index (Phi) is 5.79. The minimum absolute atomic E-state index is 0.0165. The second kappa shape index (κ2) is 7.38. The first-order valence-corrected chi connectivity index (χ1v) is 9.39. The van der Waals surface area contributed by atoms with Crippen molar-refractivity contribution in [3.05, 3.63) is 35.4 Å². The van der Waals surface area contributed by atoms with Gasteiger partial charge < -0.3 is 5.73 Å². The third-order valence-corrected chi connectivity index (χ3v) is 5.62. The van der Waals surface area contributed by atoms with E-state index in [4.69, 9.17) is 5.73 Å². The molecule has 1 aromatic rings. The first-order valence-electron chi connectivity index (χ1n) is 7.74.